The zero-order valence-corrected chi connectivity index (χ0v) is 21.9. The molecule has 0 heterocycles. The number of carbonyl (C=O) groups is 3. The van der Waals surface area contributed by atoms with Gasteiger partial charge in [0.2, 0.25) is 0 Å². The molecule has 2 N–H and O–H groups in total. The van der Waals surface area contributed by atoms with Gasteiger partial charge >= 0.3 is 11.9 Å². The molecule has 0 bridgehead atoms. The van der Waals surface area contributed by atoms with Crippen molar-refractivity contribution in [3.63, 3.8) is 0 Å². The smallest absolute Gasteiger partial charge is 0.337 e. The number of aromatic carboxylic acids is 1. The number of nitrogens with one attached hydrogen (secondary N) is 1. The van der Waals surface area contributed by atoms with Crippen molar-refractivity contribution >= 4 is 52.2 Å². The predicted octanol–water partition coefficient (Wildman–Crippen LogP) is 4.91. The highest BCUT2D eigenvalue weighted by molar-refractivity contribution is 14.1. The van der Waals surface area contributed by atoms with Crippen molar-refractivity contribution in [2.24, 2.45) is 0 Å². The van der Waals surface area contributed by atoms with Crippen molar-refractivity contribution in [2.75, 3.05) is 19.5 Å². The summed E-state index contributed by atoms with van der Waals surface area (Å²) in [5.41, 5.74) is 2.11. The average molecular weight is 612 g/mol. The number of methoxy groups -OCH3 is 2. The second kappa shape index (κ2) is 12.5. The Labute approximate surface area is 226 Å². The molecule has 0 saturated carbocycles. The molecule has 0 aromatic heterocycles. The van der Waals surface area contributed by atoms with Crippen LogP contribution in [0.4, 0.5) is 5.69 Å². The van der Waals surface area contributed by atoms with Gasteiger partial charge in [0.25, 0.3) is 5.91 Å². The molecule has 0 aliphatic rings. The maximum atomic E-state index is 12.7. The van der Waals surface area contributed by atoms with E-state index in [1.165, 1.54) is 56.7 Å². The number of esters is 1. The van der Waals surface area contributed by atoms with Gasteiger partial charge in [-0.1, -0.05) is 12.1 Å². The second-order valence-electron chi connectivity index (χ2n) is 7.52. The molecule has 3 aromatic carbocycles. The van der Waals surface area contributed by atoms with Crippen LogP contribution in [0.25, 0.3) is 6.08 Å². The van der Waals surface area contributed by atoms with Gasteiger partial charge in [0.1, 0.15) is 18.2 Å². The zero-order chi connectivity index (χ0) is 26.9. The lowest BCUT2D eigenvalue weighted by atomic mass is 10.1. The van der Waals surface area contributed by atoms with Crippen molar-refractivity contribution < 1.29 is 33.7 Å². The highest BCUT2D eigenvalue weighted by Crippen LogP contribution is 2.35. The fourth-order valence-corrected chi connectivity index (χ4v) is 3.96. The van der Waals surface area contributed by atoms with Crippen LogP contribution in [0.5, 0.6) is 11.5 Å². The number of carboxylic acids is 1. The first-order valence-electron chi connectivity index (χ1n) is 10.7. The molecule has 0 radical (unpaired) electrons. The van der Waals surface area contributed by atoms with Crippen molar-refractivity contribution in [2.45, 2.75) is 6.61 Å². The van der Waals surface area contributed by atoms with Crippen LogP contribution in [0, 0.1) is 14.9 Å². The van der Waals surface area contributed by atoms with Gasteiger partial charge in [-0.15, -0.1) is 0 Å². The van der Waals surface area contributed by atoms with E-state index in [0.29, 0.717) is 31.9 Å². The number of carbonyl (C=O) groups excluding carboxylic acids is 2. The molecule has 3 aromatic rings. The molecule has 0 fully saturated rings. The summed E-state index contributed by atoms with van der Waals surface area (Å²) in [5.74, 6) is -1.25. The van der Waals surface area contributed by atoms with E-state index < -0.39 is 17.8 Å². The summed E-state index contributed by atoms with van der Waals surface area (Å²) in [6.07, 6.45) is 1.43. The Kier molecular flexibility index (Phi) is 9.23. The van der Waals surface area contributed by atoms with E-state index >= 15 is 0 Å². The zero-order valence-electron chi connectivity index (χ0n) is 19.8. The minimum Gasteiger partial charge on any atom is -0.493 e. The lowest BCUT2D eigenvalue weighted by Gasteiger charge is -2.14. The number of benzene rings is 3. The minimum absolute atomic E-state index is 0.137. The van der Waals surface area contributed by atoms with Gasteiger partial charge in [-0.05, 0) is 88.3 Å². The predicted molar refractivity (Wildman–Crippen MR) is 143 cm³/mol. The lowest BCUT2D eigenvalue weighted by molar-refractivity contribution is -0.112. The quantitative estimate of drug-likeness (QED) is 0.151. The maximum absolute atomic E-state index is 12.7. The third-order valence-corrected chi connectivity index (χ3v) is 5.88. The summed E-state index contributed by atoms with van der Waals surface area (Å²) in [7, 11) is 2.75. The highest BCUT2D eigenvalue weighted by Gasteiger charge is 2.15. The van der Waals surface area contributed by atoms with Crippen LogP contribution in [0.3, 0.4) is 0 Å². The number of ether oxygens (including phenoxy) is 3. The van der Waals surface area contributed by atoms with Crippen LogP contribution in [0.2, 0.25) is 0 Å². The number of anilines is 1. The van der Waals surface area contributed by atoms with Gasteiger partial charge in [-0.2, -0.15) is 5.26 Å². The van der Waals surface area contributed by atoms with Crippen molar-refractivity contribution in [3.8, 4) is 17.6 Å². The first-order chi connectivity index (χ1) is 17.7. The molecule has 1 amide bonds. The van der Waals surface area contributed by atoms with Gasteiger partial charge in [0.05, 0.1) is 28.9 Å². The fourth-order valence-electron chi connectivity index (χ4n) is 3.18. The number of halogens is 1. The Morgan fingerprint density at radius 1 is 1.03 bits per heavy atom. The van der Waals surface area contributed by atoms with E-state index in [-0.39, 0.29) is 17.7 Å². The van der Waals surface area contributed by atoms with E-state index in [1.54, 1.807) is 24.3 Å². The van der Waals surface area contributed by atoms with Crippen LogP contribution >= 0.6 is 22.6 Å². The molecular formula is C27H21IN2O7. The summed E-state index contributed by atoms with van der Waals surface area (Å²) >= 11 is 2.06. The van der Waals surface area contributed by atoms with Gasteiger partial charge in [-0.25, -0.2) is 9.59 Å². The first-order valence-corrected chi connectivity index (χ1v) is 11.8. The Hall–Kier alpha value is -4.37. The Bertz CT molecular complexity index is 1390. The minimum atomic E-state index is -1.01. The molecule has 0 aliphatic heterocycles. The lowest BCUT2D eigenvalue weighted by Crippen LogP contribution is -2.13. The van der Waals surface area contributed by atoms with E-state index in [9.17, 15) is 19.6 Å². The van der Waals surface area contributed by atoms with E-state index in [0.717, 1.165) is 5.56 Å². The molecule has 10 heteroatoms. The second-order valence-corrected chi connectivity index (χ2v) is 8.68. The molecule has 37 heavy (non-hydrogen) atoms. The third kappa shape index (κ3) is 7.08. The fraction of sp³-hybridized carbons (Fsp3) is 0.111. The average Bonchev–Trinajstić information content (AvgIpc) is 2.90. The molecule has 188 valence electrons. The van der Waals surface area contributed by atoms with Gasteiger partial charge < -0.3 is 24.6 Å². The summed E-state index contributed by atoms with van der Waals surface area (Å²) in [5, 5.41) is 21.2. The van der Waals surface area contributed by atoms with E-state index in [4.69, 9.17) is 14.6 Å². The van der Waals surface area contributed by atoms with Gasteiger partial charge in [0, 0.05) is 5.69 Å². The number of rotatable bonds is 9. The van der Waals surface area contributed by atoms with Crippen LogP contribution < -0.4 is 14.8 Å². The normalized spacial score (nSPS) is 10.7. The van der Waals surface area contributed by atoms with Crippen LogP contribution in [-0.2, 0) is 16.1 Å². The summed E-state index contributed by atoms with van der Waals surface area (Å²) in [6.45, 7) is 0.183. The third-order valence-electron chi connectivity index (χ3n) is 5.08. The number of carboxylic acid groups (broad SMARTS) is 1. The SMILES string of the molecule is COC(=O)c1ccc(NC(=O)/C(C#N)=C/c2cc(I)c(OCc3ccc(C(=O)O)cc3)c(OC)c2)cc1. The molecule has 0 saturated heterocycles. The Morgan fingerprint density at radius 2 is 1.68 bits per heavy atom. The number of nitriles is 1. The largest absolute Gasteiger partial charge is 0.493 e. The molecule has 0 atom stereocenters. The molecular weight excluding hydrogens is 591 g/mol. The Balaban J connectivity index is 1.76. The van der Waals surface area contributed by atoms with Crippen molar-refractivity contribution in [1.29, 1.82) is 5.26 Å². The van der Waals surface area contributed by atoms with E-state index in [1.807, 2.05) is 6.07 Å². The highest BCUT2D eigenvalue weighted by atomic mass is 127. The summed E-state index contributed by atoms with van der Waals surface area (Å²) in [6, 6.07) is 17.7. The monoisotopic (exact) mass is 612 g/mol. The van der Waals surface area contributed by atoms with Gasteiger partial charge in [0.15, 0.2) is 11.5 Å². The van der Waals surface area contributed by atoms with Crippen LogP contribution in [-0.4, -0.2) is 37.2 Å². The standard InChI is InChI=1S/C27H21IN2O7/c1-35-23-13-17(12-22(28)24(23)37-15-16-3-5-18(6-4-16)26(32)33)11-20(14-29)25(31)30-21-9-7-19(8-10-21)27(34)36-2/h3-13H,15H2,1-2H3,(H,30,31)(H,32,33)/b20-11+. The molecule has 9 nitrogen and oxygen atoms in total. The topological polar surface area (TPSA) is 135 Å². The first kappa shape index (κ1) is 27.2. The number of amides is 1. The number of nitrogens with zero attached hydrogens (tertiary/aromatic N) is 1. The van der Waals surface area contributed by atoms with Gasteiger partial charge in [-0.3, -0.25) is 4.79 Å². The number of hydrogen-bond donors (Lipinski definition) is 2. The summed E-state index contributed by atoms with van der Waals surface area (Å²) < 4.78 is 16.7. The molecule has 0 aliphatic carbocycles. The maximum Gasteiger partial charge on any atom is 0.337 e. The Morgan fingerprint density at radius 3 is 2.24 bits per heavy atom. The molecule has 0 spiro atoms. The molecule has 0 unspecified atom stereocenters. The van der Waals surface area contributed by atoms with Crippen molar-refractivity contribution in [1.82, 2.24) is 0 Å². The molecule has 3 rings (SSSR count). The van der Waals surface area contributed by atoms with Crippen LogP contribution in [0.15, 0.2) is 66.2 Å². The number of hydrogen-bond acceptors (Lipinski definition) is 7. The summed E-state index contributed by atoms with van der Waals surface area (Å²) in [4.78, 5) is 35.2. The van der Waals surface area contributed by atoms with E-state index in [2.05, 4.69) is 32.6 Å². The van der Waals surface area contributed by atoms with Crippen molar-refractivity contribution in [3.05, 3.63) is 92.1 Å². The van der Waals surface area contributed by atoms with Crippen LogP contribution in [0.1, 0.15) is 31.8 Å².